The predicted octanol–water partition coefficient (Wildman–Crippen LogP) is 4.07. The summed E-state index contributed by atoms with van der Waals surface area (Å²) >= 11 is 17.8. The van der Waals surface area contributed by atoms with Crippen LogP contribution in [0.4, 0.5) is 11.5 Å². The van der Waals surface area contributed by atoms with Crippen LogP contribution in [0.2, 0.25) is 15.2 Å². The van der Waals surface area contributed by atoms with Crippen molar-refractivity contribution in [2.45, 2.75) is 6.92 Å². The van der Waals surface area contributed by atoms with Gasteiger partial charge in [0.2, 0.25) is 0 Å². The quantitative estimate of drug-likeness (QED) is 0.717. The van der Waals surface area contributed by atoms with E-state index in [4.69, 9.17) is 34.8 Å². The highest BCUT2D eigenvalue weighted by molar-refractivity contribution is 6.35. The fraction of sp³-hybridized carbons (Fsp3) is 0.0769. The molecule has 3 rings (SSSR count). The Hall–Kier alpha value is -1.89. The molecule has 22 heavy (non-hydrogen) atoms. The third kappa shape index (κ3) is 3.30. The average molecular weight is 356 g/mol. The lowest BCUT2D eigenvalue weighted by atomic mass is 10.4. The van der Waals surface area contributed by atoms with Crippen molar-refractivity contribution in [3.8, 4) is 5.82 Å². The van der Waals surface area contributed by atoms with Gasteiger partial charge < -0.3 is 5.32 Å². The molecule has 0 aliphatic carbocycles. The third-order valence-electron chi connectivity index (χ3n) is 2.67. The zero-order valence-corrected chi connectivity index (χ0v) is 13.5. The Morgan fingerprint density at radius 1 is 1.09 bits per heavy atom. The standard InChI is InChI=1S/C13H9Cl3N6/c1-7-19-11(16)3-12(20-7)21-9-5-18-22(6-9)13-10(15)2-8(14)4-17-13/h2-6H,1H3,(H,19,20,21). The van der Waals surface area contributed by atoms with E-state index in [1.807, 2.05) is 0 Å². The second-order valence-corrected chi connectivity index (χ2v) is 5.61. The van der Waals surface area contributed by atoms with E-state index in [1.165, 1.54) is 10.9 Å². The molecular formula is C13H9Cl3N6. The number of anilines is 2. The van der Waals surface area contributed by atoms with Gasteiger partial charge in [-0.1, -0.05) is 34.8 Å². The minimum atomic E-state index is 0.366. The molecule has 0 bridgehead atoms. The fourth-order valence-corrected chi connectivity index (χ4v) is 2.51. The highest BCUT2D eigenvalue weighted by atomic mass is 35.5. The van der Waals surface area contributed by atoms with E-state index in [9.17, 15) is 0 Å². The van der Waals surface area contributed by atoms with Gasteiger partial charge in [-0.25, -0.2) is 19.6 Å². The number of rotatable bonds is 3. The van der Waals surface area contributed by atoms with Gasteiger partial charge in [0.1, 0.15) is 16.8 Å². The average Bonchev–Trinajstić information content (AvgIpc) is 2.85. The Bertz CT molecular complexity index is 812. The summed E-state index contributed by atoms with van der Waals surface area (Å²) < 4.78 is 1.54. The van der Waals surface area contributed by atoms with Crippen LogP contribution in [0.5, 0.6) is 0 Å². The van der Waals surface area contributed by atoms with Gasteiger partial charge in [0, 0.05) is 12.3 Å². The molecule has 3 heterocycles. The normalized spacial score (nSPS) is 10.7. The molecule has 0 unspecified atom stereocenters. The van der Waals surface area contributed by atoms with Crippen LogP contribution in [-0.2, 0) is 0 Å². The molecule has 0 fully saturated rings. The Balaban J connectivity index is 1.87. The van der Waals surface area contributed by atoms with Gasteiger partial charge in [0.25, 0.3) is 0 Å². The van der Waals surface area contributed by atoms with Crippen LogP contribution in [0.3, 0.4) is 0 Å². The predicted molar refractivity (Wildman–Crippen MR) is 86.4 cm³/mol. The molecule has 0 saturated heterocycles. The minimum absolute atomic E-state index is 0.366. The van der Waals surface area contributed by atoms with Gasteiger partial charge in [0.15, 0.2) is 5.82 Å². The number of hydrogen-bond donors (Lipinski definition) is 1. The van der Waals surface area contributed by atoms with Crippen LogP contribution in [0.15, 0.2) is 30.7 Å². The van der Waals surface area contributed by atoms with Crippen LogP contribution < -0.4 is 5.32 Å². The molecule has 112 valence electrons. The van der Waals surface area contributed by atoms with Crippen molar-refractivity contribution < 1.29 is 0 Å². The SMILES string of the molecule is Cc1nc(Cl)cc(Nc2cnn(-c3ncc(Cl)cc3Cl)c2)n1. The molecule has 0 amide bonds. The van der Waals surface area contributed by atoms with Crippen LogP contribution in [0.25, 0.3) is 5.82 Å². The number of aromatic nitrogens is 5. The summed E-state index contributed by atoms with van der Waals surface area (Å²) in [6, 6.07) is 3.23. The molecule has 0 aliphatic rings. The zero-order chi connectivity index (χ0) is 15.7. The lowest BCUT2D eigenvalue weighted by Gasteiger charge is -2.04. The first-order chi connectivity index (χ1) is 10.5. The van der Waals surface area contributed by atoms with Crippen molar-refractivity contribution >= 4 is 46.3 Å². The van der Waals surface area contributed by atoms with E-state index < -0.39 is 0 Å². The molecule has 0 aliphatic heterocycles. The third-order valence-corrected chi connectivity index (χ3v) is 3.35. The summed E-state index contributed by atoms with van der Waals surface area (Å²) in [5, 5.41) is 8.53. The van der Waals surface area contributed by atoms with E-state index in [2.05, 4.69) is 25.4 Å². The highest BCUT2D eigenvalue weighted by Crippen LogP contribution is 2.23. The van der Waals surface area contributed by atoms with Gasteiger partial charge in [-0.05, 0) is 13.0 Å². The molecule has 6 nitrogen and oxygen atoms in total. The number of hydrogen-bond acceptors (Lipinski definition) is 5. The lowest BCUT2D eigenvalue weighted by Crippen LogP contribution is -1.99. The second kappa shape index (κ2) is 6.08. The lowest BCUT2D eigenvalue weighted by molar-refractivity contribution is 0.847. The topological polar surface area (TPSA) is 68.5 Å². The first-order valence-electron chi connectivity index (χ1n) is 6.15. The molecule has 3 aromatic heterocycles. The number of halogens is 3. The Morgan fingerprint density at radius 3 is 2.64 bits per heavy atom. The zero-order valence-electron chi connectivity index (χ0n) is 11.3. The summed E-state index contributed by atoms with van der Waals surface area (Å²) in [7, 11) is 0. The van der Waals surface area contributed by atoms with Gasteiger partial charge >= 0.3 is 0 Å². The molecule has 1 N–H and O–H groups in total. The monoisotopic (exact) mass is 354 g/mol. The van der Waals surface area contributed by atoms with Crippen molar-refractivity contribution in [1.29, 1.82) is 0 Å². The molecule has 9 heteroatoms. The fourth-order valence-electron chi connectivity index (χ4n) is 1.82. The molecule has 0 saturated carbocycles. The summed E-state index contributed by atoms with van der Waals surface area (Å²) in [6.07, 6.45) is 4.86. The molecular weight excluding hydrogens is 347 g/mol. The maximum absolute atomic E-state index is 6.11. The summed E-state index contributed by atoms with van der Waals surface area (Å²) in [4.78, 5) is 12.4. The van der Waals surface area contributed by atoms with Crippen molar-refractivity contribution in [2.24, 2.45) is 0 Å². The maximum atomic E-state index is 6.11. The highest BCUT2D eigenvalue weighted by Gasteiger charge is 2.08. The minimum Gasteiger partial charge on any atom is -0.338 e. The van der Waals surface area contributed by atoms with Crippen molar-refractivity contribution in [3.05, 3.63) is 51.7 Å². The van der Waals surface area contributed by atoms with Crippen molar-refractivity contribution in [3.63, 3.8) is 0 Å². The van der Waals surface area contributed by atoms with E-state index >= 15 is 0 Å². The van der Waals surface area contributed by atoms with Crippen LogP contribution >= 0.6 is 34.8 Å². The molecule has 0 spiro atoms. The second-order valence-electron chi connectivity index (χ2n) is 4.38. The maximum Gasteiger partial charge on any atom is 0.172 e. The summed E-state index contributed by atoms with van der Waals surface area (Å²) in [5.41, 5.74) is 0.710. The van der Waals surface area contributed by atoms with Crippen LogP contribution in [-0.4, -0.2) is 24.7 Å². The van der Waals surface area contributed by atoms with Crippen LogP contribution in [0, 0.1) is 6.92 Å². The molecule has 0 aromatic carbocycles. The summed E-state index contributed by atoms with van der Waals surface area (Å²) in [5.74, 6) is 1.63. The van der Waals surface area contributed by atoms with Gasteiger partial charge in [-0.2, -0.15) is 5.10 Å². The van der Waals surface area contributed by atoms with E-state index in [0.717, 1.165) is 0 Å². The van der Waals surface area contributed by atoms with E-state index in [0.29, 0.717) is 38.3 Å². The van der Waals surface area contributed by atoms with Gasteiger partial charge in [0.05, 0.1) is 28.1 Å². The largest absolute Gasteiger partial charge is 0.338 e. The number of pyridine rings is 1. The van der Waals surface area contributed by atoms with Gasteiger partial charge in [-0.3, -0.25) is 0 Å². The number of nitrogens with zero attached hydrogens (tertiary/aromatic N) is 5. The van der Waals surface area contributed by atoms with E-state index in [-0.39, 0.29) is 0 Å². The van der Waals surface area contributed by atoms with E-state index in [1.54, 1.807) is 31.5 Å². The first-order valence-corrected chi connectivity index (χ1v) is 7.29. The number of nitrogens with one attached hydrogen (secondary N) is 1. The molecule has 0 atom stereocenters. The van der Waals surface area contributed by atoms with Crippen molar-refractivity contribution in [1.82, 2.24) is 24.7 Å². The first kappa shape index (κ1) is 15.0. The summed E-state index contributed by atoms with van der Waals surface area (Å²) in [6.45, 7) is 1.76. The Kier molecular flexibility index (Phi) is 4.15. The van der Waals surface area contributed by atoms with Crippen molar-refractivity contribution in [2.75, 3.05) is 5.32 Å². The number of aryl methyl sites for hydroxylation is 1. The Labute approximate surface area is 141 Å². The Morgan fingerprint density at radius 2 is 1.91 bits per heavy atom. The molecule has 3 aromatic rings. The van der Waals surface area contributed by atoms with Gasteiger partial charge in [-0.15, -0.1) is 0 Å². The van der Waals surface area contributed by atoms with Crippen LogP contribution in [0.1, 0.15) is 5.82 Å². The molecule has 0 radical (unpaired) electrons. The smallest absolute Gasteiger partial charge is 0.172 e.